The summed E-state index contributed by atoms with van der Waals surface area (Å²) in [7, 11) is 0. The van der Waals surface area contributed by atoms with Gasteiger partial charge >= 0.3 is 0 Å². The van der Waals surface area contributed by atoms with Crippen LogP contribution in [0.4, 0.5) is 0 Å². The van der Waals surface area contributed by atoms with Gasteiger partial charge in [-0.15, -0.1) is 0 Å². The maximum atomic E-state index is 12.3. The van der Waals surface area contributed by atoms with Crippen molar-refractivity contribution >= 4 is 28.4 Å². The largest absolute Gasteiger partial charge is 0.355 e. The second kappa shape index (κ2) is 9.33. The molecule has 2 aromatic rings. The van der Waals surface area contributed by atoms with E-state index in [1.807, 2.05) is 0 Å². The summed E-state index contributed by atoms with van der Waals surface area (Å²) in [6, 6.07) is 5.12. The number of fused-ring (bicyclic) bond motifs is 1. The number of benzene rings is 1. The van der Waals surface area contributed by atoms with E-state index < -0.39 is 0 Å². The molecule has 0 unspecified atom stereocenters. The van der Waals surface area contributed by atoms with Gasteiger partial charge < -0.3 is 10.3 Å². The molecule has 1 aromatic carbocycles. The Hall–Kier alpha value is -1.92. The van der Waals surface area contributed by atoms with Crippen molar-refractivity contribution in [1.82, 2.24) is 20.2 Å². The Morgan fingerprint density at radius 3 is 2.89 bits per heavy atom. The van der Waals surface area contributed by atoms with E-state index in [0.717, 1.165) is 13.1 Å². The summed E-state index contributed by atoms with van der Waals surface area (Å²) in [6.45, 7) is 4.71. The molecule has 0 saturated heterocycles. The normalized spacial score (nSPS) is 14.9. The zero-order chi connectivity index (χ0) is 19.2. The van der Waals surface area contributed by atoms with Crippen molar-refractivity contribution in [3.05, 3.63) is 39.4 Å². The number of hydrogen-bond acceptors (Lipinski definition) is 4. The number of carbonyl (C=O) groups excluding carboxylic acids is 1. The topological polar surface area (TPSA) is 78.1 Å². The highest BCUT2D eigenvalue weighted by molar-refractivity contribution is 6.31. The third-order valence-corrected chi connectivity index (χ3v) is 5.47. The third kappa shape index (κ3) is 5.53. The van der Waals surface area contributed by atoms with Crippen molar-refractivity contribution in [2.45, 2.75) is 45.6 Å². The number of rotatable bonds is 8. The van der Waals surface area contributed by atoms with E-state index in [-0.39, 0.29) is 11.5 Å². The van der Waals surface area contributed by atoms with Crippen LogP contribution in [0.25, 0.3) is 10.9 Å². The van der Waals surface area contributed by atoms with Gasteiger partial charge in [-0.3, -0.25) is 14.5 Å². The average Bonchev–Trinajstić information content (AvgIpc) is 3.14. The summed E-state index contributed by atoms with van der Waals surface area (Å²) in [5, 5.41) is 4.03. The first-order valence-electron chi connectivity index (χ1n) is 9.72. The van der Waals surface area contributed by atoms with Crippen molar-refractivity contribution in [3.8, 4) is 0 Å². The molecule has 7 heteroatoms. The minimum Gasteiger partial charge on any atom is -0.355 e. The maximum Gasteiger partial charge on any atom is 0.258 e. The van der Waals surface area contributed by atoms with Crippen LogP contribution in [-0.2, 0) is 11.3 Å². The van der Waals surface area contributed by atoms with Crippen LogP contribution in [0, 0.1) is 5.92 Å². The van der Waals surface area contributed by atoms with Gasteiger partial charge in [0.25, 0.3) is 5.56 Å². The summed E-state index contributed by atoms with van der Waals surface area (Å²) in [6.07, 6.45) is 5.52. The van der Waals surface area contributed by atoms with Crippen LogP contribution >= 0.6 is 11.6 Å². The molecule has 1 amide bonds. The maximum absolute atomic E-state index is 12.3. The second-order valence-electron chi connectivity index (χ2n) is 7.25. The van der Waals surface area contributed by atoms with Crippen LogP contribution in [0.5, 0.6) is 0 Å². The summed E-state index contributed by atoms with van der Waals surface area (Å²) >= 11 is 5.95. The Morgan fingerprint density at radius 2 is 2.15 bits per heavy atom. The molecule has 1 aromatic heterocycles. The van der Waals surface area contributed by atoms with Crippen LogP contribution in [0.15, 0.2) is 23.0 Å². The number of aromatic amines is 1. The standard InChI is InChI=1S/C20H27ClN4O2/c1-2-25(10-9-22-19(26)11-14-5-3-4-6-14)13-18-23-17-8-7-15(21)12-16(17)20(27)24-18/h7-8,12,14H,2-6,9-11,13H2,1H3,(H,22,26)(H,23,24,27). The molecule has 2 N–H and O–H groups in total. The van der Waals surface area contributed by atoms with Gasteiger partial charge in [0.15, 0.2) is 0 Å². The summed E-state index contributed by atoms with van der Waals surface area (Å²) in [5.41, 5.74) is 0.456. The van der Waals surface area contributed by atoms with Gasteiger partial charge in [-0.05, 0) is 43.5 Å². The number of H-pyrrole nitrogens is 1. The van der Waals surface area contributed by atoms with Gasteiger partial charge in [-0.2, -0.15) is 0 Å². The number of nitrogens with zero attached hydrogens (tertiary/aromatic N) is 2. The highest BCUT2D eigenvalue weighted by Crippen LogP contribution is 2.27. The lowest BCUT2D eigenvalue weighted by Gasteiger charge is -2.20. The molecule has 1 aliphatic carbocycles. The number of amides is 1. The Bertz CT molecular complexity index is 845. The van der Waals surface area contributed by atoms with Crippen molar-refractivity contribution in [2.75, 3.05) is 19.6 Å². The molecular weight excluding hydrogens is 364 g/mol. The van der Waals surface area contributed by atoms with Gasteiger partial charge in [0.05, 0.1) is 17.4 Å². The molecule has 1 saturated carbocycles. The Kier molecular flexibility index (Phi) is 6.85. The third-order valence-electron chi connectivity index (χ3n) is 5.24. The number of carbonyl (C=O) groups is 1. The molecular formula is C20H27ClN4O2. The quantitative estimate of drug-likeness (QED) is 0.726. The molecule has 6 nitrogen and oxygen atoms in total. The minimum atomic E-state index is -0.182. The van der Waals surface area contributed by atoms with Gasteiger partial charge in [-0.25, -0.2) is 4.98 Å². The lowest BCUT2D eigenvalue weighted by atomic mass is 10.0. The zero-order valence-electron chi connectivity index (χ0n) is 15.8. The van der Waals surface area contributed by atoms with Gasteiger partial charge in [-0.1, -0.05) is 31.4 Å². The molecule has 0 bridgehead atoms. The van der Waals surface area contributed by atoms with E-state index >= 15 is 0 Å². The highest BCUT2D eigenvalue weighted by atomic mass is 35.5. The van der Waals surface area contributed by atoms with E-state index in [9.17, 15) is 9.59 Å². The number of aromatic nitrogens is 2. The van der Waals surface area contributed by atoms with Crippen molar-refractivity contribution < 1.29 is 4.79 Å². The van der Waals surface area contributed by atoms with E-state index in [1.54, 1.807) is 18.2 Å². The van der Waals surface area contributed by atoms with Crippen LogP contribution < -0.4 is 10.9 Å². The number of halogens is 1. The van der Waals surface area contributed by atoms with E-state index in [2.05, 4.69) is 27.1 Å². The predicted molar refractivity (Wildman–Crippen MR) is 108 cm³/mol. The smallest absolute Gasteiger partial charge is 0.258 e. The lowest BCUT2D eigenvalue weighted by molar-refractivity contribution is -0.122. The number of likely N-dealkylation sites (N-methyl/N-ethyl adjacent to an activating group) is 1. The van der Waals surface area contributed by atoms with Gasteiger partial charge in [0.2, 0.25) is 5.91 Å². The fourth-order valence-corrected chi connectivity index (χ4v) is 3.87. The van der Waals surface area contributed by atoms with Crippen molar-refractivity contribution in [1.29, 1.82) is 0 Å². The molecule has 0 aliphatic heterocycles. The zero-order valence-corrected chi connectivity index (χ0v) is 16.5. The van der Waals surface area contributed by atoms with Crippen molar-refractivity contribution in [3.63, 3.8) is 0 Å². The van der Waals surface area contributed by atoms with Crippen LogP contribution in [-0.4, -0.2) is 40.4 Å². The van der Waals surface area contributed by atoms with Gasteiger partial charge in [0, 0.05) is 24.5 Å². The summed E-state index contributed by atoms with van der Waals surface area (Å²) < 4.78 is 0. The number of nitrogens with one attached hydrogen (secondary N) is 2. The molecule has 146 valence electrons. The summed E-state index contributed by atoms with van der Waals surface area (Å²) in [5.74, 6) is 1.33. The Morgan fingerprint density at radius 1 is 1.37 bits per heavy atom. The molecule has 1 aliphatic rings. The Balaban J connectivity index is 1.53. The van der Waals surface area contributed by atoms with Crippen LogP contribution in [0.3, 0.4) is 0 Å². The second-order valence-corrected chi connectivity index (χ2v) is 7.68. The first kappa shape index (κ1) is 19.8. The first-order valence-corrected chi connectivity index (χ1v) is 10.1. The predicted octanol–water partition coefficient (Wildman–Crippen LogP) is 3.09. The average molecular weight is 391 g/mol. The van der Waals surface area contributed by atoms with E-state index in [1.165, 1.54) is 25.7 Å². The van der Waals surface area contributed by atoms with Gasteiger partial charge in [0.1, 0.15) is 5.82 Å². The fraction of sp³-hybridized carbons (Fsp3) is 0.550. The molecule has 0 radical (unpaired) electrons. The molecule has 27 heavy (non-hydrogen) atoms. The fourth-order valence-electron chi connectivity index (χ4n) is 3.70. The number of hydrogen-bond donors (Lipinski definition) is 2. The monoisotopic (exact) mass is 390 g/mol. The van der Waals surface area contributed by atoms with E-state index in [0.29, 0.717) is 47.2 Å². The first-order chi connectivity index (χ1) is 13.0. The van der Waals surface area contributed by atoms with Crippen LogP contribution in [0.1, 0.15) is 44.9 Å². The van der Waals surface area contributed by atoms with Crippen LogP contribution in [0.2, 0.25) is 5.02 Å². The highest BCUT2D eigenvalue weighted by Gasteiger charge is 2.18. The molecule has 1 heterocycles. The molecule has 3 rings (SSSR count). The summed E-state index contributed by atoms with van der Waals surface area (Å²) in [4.78, 5) is 33.8. The van der Waals surface area contributed by atoms with Crippen molar-refractivity contribution in [2.24, 2.45) is 5.92 Å². The molecule has 0 atom stereocenters. The molecule has 1 fully saturated rings. The Labute approximate surface area is 164 Å². The SMILES string of the molecule is CCN(CCNC(=O)CC1CCCC1)Cc1nc2ccc(Cl)cc2c(=O)[nH]1. The lowest BCUT2D eigenvalue weighted by Crippen LogP contribution is -2.35. The minimum absolute atomic E-state index is 0.145. The van der Waals surface area contributed by atoms with E-state index in [4.69, 9.17) is 11.6 Å². The molecule has 0 spiro atoms.